The summed E-state index contributed by atoms with van der Waals surface area (Å²) in [5.41, 5.74) is 3.12. The molecule has 0 aromatic heterocycles. The van der Waals surface area contributed by atoms with Crippen molar-refractivity contribution in [3.05, 3.63) is 119 Å². The van der Waals surface area contributed by atoms with Crippen LogP contribution < -0.4 is 4.74 Å². The van der Waals surface area contributed by atoms with E-state index in [2.05, 4.69) is 0 Å². The molecule has 4 aromatic rings. The predicted molar refractivity (Wildman–Crippen MR) is 150 cm³/mol. The molecule has 0 saturated heterocycles. The summed E-state index contributed by atoms with van der Waals surface area (Å²) in [4.78, 5) is 36.4. The van der Waals surface area contributed by atoms with E-state index in [0.29, 0.717) is 12.2 Å². The lowest BCUT2D eigenvalue weighted by molar-refractivity contribution is -0.139. The Balaban J connectivity index is 0.000000183. The lowest BCUT2D eigenvalue weighted by atomic mass is 9.96. The van der Waals surface area contributed by atoms with Gasteiger partial charge in [-0.05, 0) is 66.9 Å². The van der Waals surface area contributed by atoms with Crippen LogP contribution in [0.2, 0.25) is 0 Å². The Morgan fingerprint density at radius 1 is 0.718 bits per heavy atom. The van der Waals surface area contributed by atoms with Crippen molar-refractivity contribution in [3.63, 3.8) is 0 Å². The Morgan fingerprint density at radius 2 is 1.33 bits per heavy atom. The Morgan fingerprint density at radius 3 is 2.03 bits per heavy atom. The van der Waals surface area contributed by atoms with E-state index in [1.54, 1.807) is 43.8 Å². The molecule has 4 aromatic carbocycles. The van der Waals surface area contributed by atoms with Gasteiger partial charge in [0.2, 0.25) is 0 Å². The second-order valence-corrected chi connectivity index (χ2v) is 10.3. The van der Waals surface area contributed by atoms with Crippen LogP contribution in [0.1, 0.15) is 52.7 Å². The minimum absolute atomic E-state index is 0.0805. The summed E-state index contributed by atoms with van der Waals surface area (Å²) in [5.74, 6) is -1.34. The quantitative estimate of drug-likeness (QED) is 0.262. The normalized spacial score (nSPS) is 13.4. The molecule has 2 atom stereocenters. The maximum absolute atomic E-state index is 12.4. The number of hydrogen-bond acceptors (Lipinski definition) is 5. The predicted octanol–water partition coefficient (Wildman–Crippen LogP) is 7.43. The molecule has 5 rings (SSSR count). The molecule has 0 fully saturated rings. The number of ether oxygens (including phenoxy) is 1. The summed E-state index contributed by atoms with van der Waals surface area (Å²) >= 11 is 1.57. The van der Waals surface area contributed by atoms with E-state index in [-0.39, 0.29) is 5.78 Å². The lowest BCUT2D eigenvalue weighted by Gasteiger charge is -2.11. The molecule has 198 valence electrons. The van der Waals surface area contributed by atoms with Crippen LogP contribution in [-0.4, -0.2) is 27.9 Å². The number of carbonyl (C=O) groups is 3. The van der Waals surface area contributed by atoms with E-state index in [1.807, 2.05) is 78.9 Å². The molecule has 1 aliphatic rings. The Bertz CT molecular complexity index is 1500. The van der Waals surface area contributed by atoms with E-state index >= 15 is 0 Å². The number of para-hydroxylation sites is 1. The van der Waals surface area contributed by atoms with Crippen molar-refractivity contribution in [2.75, 3.05) is 0 Å². The van der Waals surface area contributed by atoms with Crippen LogP contribution >= 0.6 is 11.8 Å². The molecule has 7 heteroatoms. The van der Waals surface area contributed by atoms with Crippen molar-refractivity contribution in [1.82, 2.24) is 0 Å². The van der Waals surface area contributed by atoms with E-state index in [1.165, 1.54) is 0 Å². The van der Waals surface area contributed by atoms with Gasteiger partial charge >= 0.3 is 11.9 Å². The number of ketones is 1. The topological polar surface area (TPSA) is 101 Å². The first-order valence-electron chi connectivity index (χ1n) is 12.4. The van der Waals surface area contributed by atoms with Crippen LogP contribution in [-0.2, 0) is 16.0 Å². The highest BCUT2D eigenvalue weighted by Crippen LogP contribution is 2.38. The van der Waals surface area contributed by atoms with Gasteiger partial charge < -0.3 is 14.9 Å². The molecule has 0 spiro atoms. The van der Waals surface area contributed by atoms with E-state index in [0.717, 1.165) is 37.8 Å². The largest absolute Gasteiger partial charge is 0.481 e. The fourth-order valence-corrected chi connectivity index (χ4v) is 5.11. The molecular formula is C32H28O6S. The molecule has 2 unspecified atom stereocenters. The molecule has 0 aliphatic carbocycles. The highest BCUT2D eigenvalue weighted by molar-refractivity contribution is 7.99. The minimum atomic E-state index is -0.856. The van der Waals surface area contributed by atoms with Gasteiger partial charge in [0.05, 0.1) is 11.8 Å². The lowest BCUT2D eigenvalue weighted by Crippen LogP contribution is -2.09. The zero-order chi connectivity index (χ0) is 27.9. The standard InChI is InChI=1S/C17H14O3S.C15H14O3/c1-10(17(19)20)11-6-7-15-12(8-11)9-14(18)13-4-2-3-5-16(13)21-15;1-11(15(16)17)12-6-5-9-14(10-12)18-13-7-3-2-4-8-13/h2-8,10H,9H2,1H3,(H,19,20);2-11H,1H3,(H,16,17). The molecule has 0 amide bonds. The first-order valence-corrected chi connectivity index (χ1v) is 13.3. The summed E-state index contributed by atoms with van der Waals surface area (Å²) in [6.45, 7) is 3.31. The van der Waals surface area contributed by atoms with Gasteiger partial charge in [-0.15, -0.1) is 0 Å². The van der Waals surface area contributed by atoms with Gasteiger partial charge in [-0.25, -0.2) is 0 Å². The average Bonchev–Trinajstić information content (AvgIpc) is 3.08. The van der Waals surface area contributed by atoms with Crippen molar-refractivity contribution >= 4 is 29.5 Å². The van der Waals surface area contributed by atoms with Crippen LogP contribution in [0.5, 0.6) is 11.5 Å². The molecule has 0 bridgehead atoms. The second-order valence-electron chi connectivity index (χ2n) is 9.17. The highest BCUT2D eigenvalue weighted by atomic mass is 32.2. The van der Waals surface area contributed by atoms with Gasteiger partial charge in [0.1, 0.15) is 11.5 Å². The Labute approximate surface area is 231 Å². The van der Waals surface area contributed by atoms with Gasteiger partial charge in [-0.3, -0.25) is 14.4 Å². The molecule has 6 nitrogen and oxygen atoms in total. The molecule has 39 heavy (non-hydrogen) atoms. The first kappa shape index (κ1) is 27.7. The van der Waals surface area contributed by atoms with Crippen molar-refractivity contribution < 1.29 is 29.3 Å². The van der Waals surface area contributed by atoms with Gasteiger partial charge in [-0.2, -0.15) is 0 Å². The summed E-state index contributed by atoms with van der Waals surface area (Å²) in [7, 11) is 0. The molecular weight excluding hydrogens is 512 g/mol. The smallest absolute Gasteiger partial charge is 0.310 e. The zero-order valence-corrected chi connectivity index (χ0v) is 22.4. The number of rotatable bonds is 6. The van der Waals surface area contributed by atoms with Crippen LogP contribution in [0.4, 0.5) is 0 Å². The third kappa shape index (κ3) is 6.94. The number of fused-ring (bicyclic) bond motifs is 2. The number of aliphatic carboxylic acids is 2. The van der Waals surface area contributed by atoms with E-state index < -0.39 is 23.8 Å². The zero-order valence-electron chi connectivity index (χ0n) is 21.5. The highest BCUT2D eigenvalue weighted by Gasteiger charge is 2.22. The minimum Gasteiger partial charge on any atom is -0.481 e. The van der Waals surface area contributed by atoms with Gasteiger partial charge in [-0.1, -0.05) is 72.4 Å². The van der Waals surface area contributed by atoms with Crippen molar-refractivity contribution in [2.45, 2.75) is 41.9 Å². The summed E-state index contributed by atoms with van der Waals surface area (Å²) in [6, 6.07) is 29.7. The number of carbonyl (C=O) groups excluding carboxylic acids is 1. The molecule has 1 heterocycles. The maximum Gasteiger partial charge on any atom is 0.310 e. The monoisotopic (exact) mass is 540 g/mol. The fourth-order valence-electron chi connectivity index (χ4n) is 4.04. The summed E-state index contributed by atoms with van der Waals surface area (Å²) < 4.78 is 5.66. The number of Topliss-reactive ketones (excluding diaryl/α,β-unsaturated/α-hetero) is 1. The Kier molecular flexibility index (Phi) is 8.84. The molecule has 0 saturated carbocycles. The summed E-state index contributed by atoms with van der Waals surface area (Å²) in [6.07, 6.45) is 0.319. The number of carboxylic acid groups (broad SMARTS) is 2. The Hall–Kier alpha value is -4.36. The van der Waals surface area contributed by atoms with Crippen LogP contribution in [0.25, 0.3) is 0 Å². The number of carboxylic acids is 2. The SMILES string of the molecule is CC(C(=O)O)c1ccc2c(c1)CC(=O)c1ccccc1S2.CC(C(=O)O)c1cccc(Oc2ccccc2)c1. The number of benzene rings is 4. The van der Waals surface area contributed by atoms with Gasteiger partial charge in [0.25, 0.3) is 0 Å². The van der Waals surface area contributed by atoms with E-state index in [4.69, 9.17) is 14.9 Å². The molecule has 0 radical (unpaired) electrons. The second kappa shape index (κ2) is 12.5. The fraction of sp³-hybridized carbons (Fsp3) is 0.156. The maximum atomic E-state index is 12.4. The van der Waals surface area contributed by atoms with Crippen molar-refractivity contribution in [1.29, 1.82) is 0 Å². The first-order chi connectivity index (χ1) is 18.7. The van der Waals surface area contributed by atoms with Crippen LogP contribution in [0.15, 0.2) is 107 Å². The average molecular weight is 541 g/mol. The van der Waals surface area contributed by atoms with Crippen molar-refractivity contribution in [3.8, 4) is 11.5 Å². The molecule has 1 aliphatic heterocycles. The number of hydrogen-bond donors (Lipinski definition) is 2. The molecule has 2 N–H and O–H groups in total. The summed E-state index contributed by atoms with van der Waals surface area (Å²) in [5, 5.41) is 18.1. The van der Waals surface area contributed by atoms with E-state index in [9.17, 15) is 14.4 Å². The van der Waals surface area contributed by atoms with Crippen molar-refractivity contribution in [2.24, 2.45) is 0 Å². The third-order valence-corrected chi connectivity index (χ3v) is 7.61. The van der Waals surface area contributed by atoms with Crippen LogP contribution in [0, 0.1) is 0 Å². The van der Waals surface area contributed by atoms with Gasteiger partial charge in [0.15, 0.2) is 5.78 Å². The third-order valence-electron chi connectivity index (χ3n) is 6.42. The van der Waals surface area contributed by atoms with Crippen LogP contribution in [0.3, 0.4) is 0 Å². The van der Waals surface area contributed by atoms with Gasteiger partial charge in [0, 0.05) is 21.8 Å².